The van der Waals surface area contributed by atoms with Gasteiger partial charge in [0.05, 0.1) is 12.0 Å². The van der Waals surface area contributed by atoms with Crippen LogP contribution in [0.5, 0.6) is 23.0 Å². The fraction of sp³-hybridized carbons (Fsp3) is 0.267. The molecule has 11 nitrogen and oxygen atoms in total. The second kappa shape index (κ2) is 12.0. The van der Waals surface area contributed by atoms with Gasteiger partial charge in [-0.1, -0.05) is 24.3 Å². The van der Waals surface area contributed by atoms with Crippen LogP contribution in [0.25, 0.3) is 6.08 Å². The number of phenols is 2. The van der Waals surface area contributed by atoms with Crippen LogP contribution in [0.2, 0.25) is 0 Å². The molecule has 0 spiro atoms. The predicted molar refractivity (Wildman–Crippen MR) is 142 cm³/mol. The first-order chi connectivity index (χ1) is 19.7. The van der Waals surface area contributed by atoms with Gasteiger partial charge >= 0.3 is 5.97 Å². The van der Waals surface area contributed by atoms with Gasteiger partial charge < -0.3 is 44.5 Å². The van der Waals surface area contributed by atoms with Crippen LogP contribution in [-0.2, 0) is 14.3 Å². The van der Waals surface area contributed by atoms with Crippen LogP contribution in [-0.4, -0.2) is 74.6 Å². The molecule has 2 heterocycles. The van der Waals surface area contributed by atoms with E-state index in [1.807, 2.05) is 0 Å². The number of aliphatic hydroxyl groups excluding tert-OH is 3. The van der Waals surface area contributed by atoms with E-state index in [1.165, 1.54) is 48.5 Å². The van der Waals surface area contributed by atoms with Crippen LogP contribution in [0, 0.1) is 0 Å². The number of Topliss-reactive ketones (excluding diaryl/α,β-unsaturated/α-hetero) is 1. The zero-order valence-corrected chi connectivity index (χ0v) is 21.6. The van der Waals surface area contributed by atoms with E-state index in [0.717, 1.165) is 6.08 Å². The summed E-state index contributed by atoms with van der Waals surface area (Å²) in [5.74, 6) is -0.322. The summed E-state index contributed by atoms with van der Waals surface area (Å²) in [7, 11) is 0. The molecule has 0 saturated carbocycles. The molecule has 214 valence electrons. The molecule has 41 heavy (non-hydrogen) atoms. The predicted octanol–water partition coefficient (Wildman–Crippen LogP) is 2.25. The van der Waals surface area contributed by atoms with Gasteiger partial charge in [-0.25, -0.2) is 4.79 Å². The van der Waals surface area contributed by atoms with Crippen molar-refractivity contribution in [3.63, 3.8) is 0 Å². The number of aliphatic hydroxyl groups is 3. The zero-order valence-electron chi connectivity index (χ0n) is 21.6. The van der Waals surface area contributed by atoms with Crippen molar-refractivity contribution in [2.75, 3.05) is 6.61 Å². The Kier molecular flexibility index (Phi) is 8.22. The Morgan fingerprint density at radius 1 is 0.902 bits per heavy atom. The van der Waals surface area contributed by atoms with E-state index in [9.17, 15) is 35.1 Å². The van der Waals surface area contributed by atoms with Gasteiger partial charge in [-0.3, -0.25) is 4.79 Å². The number of hydrogen-bond acceptors (Lipinski definition) is 11. The number of ether oxygens (including phenoxy) is 4. The Hall–Kier alpha value is -4.42. The molecule has 0 bridgehead atoms. The number of esters is 1. The Morgan fingerprint density at radius 2 is 1.59 bits per heavy atom. The van der Waals surface area contributed by atoms with E-state index < -0.39 is 49.4 Å². The normalized spacial score (nSPS) is 25.8. The summed E-state index contributed by atoms with van der Waals surface area (Å²) in [5, 5.41) is 50.1. The molecular weight excluding hydrogens is 536 g/mol. The maximum atomic E-state index is 12.7. The van der Waals surface area contributed by atoms with Gasteiger partial charge in [0, 0.05) is 12.1 Å². The second-order valence-corrected chi connectivity index (χ2v) is 9.67. The lowest BCUT2D eigenvalue weighted by Gasteiger charge is -2.40. The minimum atomic E-state index is -1.67. The Labute approximate surface area is 234 Å². The molecule has 11 heteroatoms. The number of hydrogen-bond donors (Lipinski definition) is 5. The number of carbonyl (C=O) groups is 2. The molecule has 0 aromatic heterocycles. The van der Waals surface area contributed by atoms with Crippen molar-refractivity contribution in [1.29, 1.82) is 0 Å². The zero-order chi connectivity index (χ0) is 29.1. The molecule has 0 radical (unpaired) electrons. The van der Waals surface area contributed by atoms with Crippen molar-refractivity contribution in [2.45, 2.75) is 43.2 Å². The van der Waals surface area contributed by atoms with E-state index in [1.54, 1.807) is 24.3 Å². The third-order valence-electron chi connectivity index (χ3n) is 6.77. The summed E-state index contributed by atoms with van der Waals surface area (Å²) in [6.07, 6.45) is -5.41. The molecule has 6 atom stereocenters. The highest BCUT2D eigenvalue weighted by Crippen LogP contribution is 2.38. The molecule has 6 unspecified atom stereocenters. The Balaban J connectivity index is 1.23. The number of aromatic hydroxyl groups is 2. The number of carbonyl (C=O) groups excluding carboxylic acids is 2. The first-order valence-electron chi connectivity index (χ1n) is 12.8. The molecule has 2 aliphatic rings. The minimum absolute atomic E-state index is 0.0837. The van der Waals surface area contributed by atoms with E-state index in [2.05, 4.69) is 0 Å². The fourth-order valence-corrected chi connectivity index (χ4v) is 4.50. The molecule has 1 fully saturated rings. The third-order valence-corrected chi connectivity index (χ3v) is 6.77. The van der Waals surface area contributed by atoms with Gasteiger partial charge in [-0.15, -0.1) is 0 Å². The summed E-state index contributed by atoms with van der Waals surface area (Å²) in [5.41, 5.74) is 1.69. The summed E-state index contributed by atoms with van der Waals surface area (Å²) < 4.78 is 22.6. The van der Waals surface area contributed by atoms with Crippen molar-refractivity contribution in [3.8, 4) is 23.0 Å². The van der Waals surface area contributed by atoms with Crippen molar-refractivity contribution in [1.82, 2.24) is 0 Å². The molecule has 5 rings (SSSR count). The summed E-state index contributed by atoms with van der Waals surface area (Å²) in [6, 6.07) is 16.9. The van der Waals surface area contributed by atoms with Gasteiger partial charge in [0.15, 0.2) is 5.78 Å². The van der Waals surface area contributed by atoms with Crippen molar-refractivity contribution < 1.29 is 54.1 Å². The summed E-state index contributed by atoms with van der Waals surface area (Å²) in [6.45, 7) is -0.445. The first kappa shape index (κ1) is 28.1. The number of ketones is 1. The van der Waals surface area contributed by atoms with E-state index in [4.69, 9.17) is 18.9 Å². The smallest absolute Gasteiger partial charge is 0.330 e. The van der Waals surface area contributed by atoms with Crippen LogP contribution in [0.3, 0.4) is 0 Å². The lowest BCUT2D eigenvalue weighted by molar-refractivity contribution is -0.278. The summed E-state index contributed by atoms with van der Waals surface area (Å²) >= 11 is 0. The van der Waals surface area contributed by atoms with Gasteiger partial charge in [0.25, 0.3) is 0 Å². The summed E-state index contributed by atoms with van der Waals surface area (Å²) in [4.78, 5) is 24.9. The average Bonchev–Trinajstić information content (AvgIpc) is 2.96. The number of benzene rings is 3. The highest BCUT2D eigenvalue weighted by molar-refractivity contribution is 6.00. The number of phenolic OH excluding ortho intramolecular Hbond substituents is 2. The Morgan fingerprint density at radius 3 is 2.29 bits per heavy atom. The van der Waals surface area contributed by atoms with E-state index >= 15 is 0 Å². The van der Waals surface area contributed by atoms with Crippen LogP contribution in [0.15, 0.2) is 72.8 Å². The highest BCUT2D eigenvalue weighted by Gasteiger charge is 2.45. The monoisotopic (exact) mass is 564 g/mol. The van der Waals surface area contributed by atoms with Gasteiger partial charge in [-0.05, 0) is 53.6 Å². The quantitative estimate of drug-likeness (QED) is 0.210. The van der Waals surface area contributed by atoms with Crippen molar-refractivity contribution in [2.24, 2.45) is 0 Å². The van der Waals surface area contributed by atoms with Crippen molar-refractivity contribution in [3.05, 3.63) is 89.5 Å². The molecular formula is C30H28O11. The average molecular weight is 565 g/mol. The third kappa shape index (κ3) is 6.50. The lowest BCUT2D eigenvalue weighted by Crippen LogP contribution is -2.60. The van der Waals surface area contributed by atoms with Crippen LogP contribution in [0.4, 0.5) is 0 Å². The van der Waals surface area contributed by atoms with E-state index in [-0.39, 0.29) is 35.2 Å². The first-order valence-corrected chi connectivity index (χ1v) is 12.8. The molecule has 0 amide bonds. The molecule has 0 aliphatic carbocycles. The minimum Gasteiger partial charge on any atom is -0.508 e. The molecule has 3 aromatic rings. The number of rotatable bonds is 7. The van der Waals surface area contributed by atoms with Crippen LogP contribution >= 0.6 is 0 Å². The van der Waals surface area contributed by atoms with E-state index in [0.29, 0.717) is 16.7 Å². The van der Waals surface area contributed by atoms with Crippen LogP contribution in [0.1, 0.15) is 34.0 Å². The van der Waals surface area contributed by atoms with Gasteiger partial charge in [0.1, 0.15) is 60.1 Å². The largest absolute Gasteiger partial charge is 0.508 e. The maximum absolute atomic E-state index is 12.7. The fourth-order valence-electron chi connectivity index (χ4n) is 4.50. The van der Waals surface area contributed by atoms with Gasteiger partial charge in [0.2, 0.25) is 6.29 Å². The lowest BCUT2D eigenvalue weighted by atomic mass is 9.96. The molecule has 5 N–H and O–H groups in total. The topological polar surface area (TPSA) is 172 Å². The molecule has 2 aliphatic heterocycles. The Bertz CT molecular complexity index is 1420. The second-order valence-electron chi connectivity index (χ2n) is 9.67. The molecule has 3 aromatic carbocycles. The van der Waals surface area contributed by atoms with Gasteiger partial charge in [-0.2, -0.15) is 0 Å². The van der Waals surface area contributed by atoms with Crippen molar-refractivity contribution >= 4 is 17.8 Å². The standard InChI is InChI=1S/C30H28O11/c31-18-6-1-16(2-7-18)3-12-26(34)38-15-25-27(35)28(36)29(37)30(41-25)39-20-10-11-21-22(33)14-23(40-24(21)13-20)17-4-8-19(32)9-5-17/h1-13,23,25,27-32,35-37H,14-15H2/b12-3+. The SMILES string of the molecule is O=C(/C=C/c1ccc(O)cc1)OCC1OC(Oc2ccc3c(c2)OC(c2ccc(O)cc2)CC3=O)C(O)C(O)C1O. The number of fused-ring (bicyclic) bond motifs is 1. The van der Waals surface area contributed by atoms with Crippen LogP contribution < -0.4 is 9.47 Å². The molecule has 1 saturated heterocycles. The highest BCUT2D eigenvalue weighted by atomic mass is 16.7. The maximum Gasteiger partial charge on any atom is 0.330 e.